The highest BCUT2D eigenvalue weighted by Gasteiger charge is 2.27. The zero-order chi connectivity index (χ0) is 23.2. The summed E-state index contributed by atoms with van der Waals surface area (Å²) in [5.41, 5.74) is 2.21. The number of amides is 2. The molecule has 10 heteroatoms. The van der Waals surface area contributed by atoms with Crippen LogP contribution in [0.15, 0.2) is 42.6 Å². The Balaban J connectivity index is 1.28. The molecule has 3 heterocycles. The van der Waals surface area contributed by atoms with E-state index in [9.17, 15) is 9.59 Å². The number of nitrogens with zero attached hydrogens (tertiary/aromatic N) is 4. The molecule has 1 aliphatic heterocycles. The second-order valence-electron chi connectivity index (χ2n) is 8.09. The second kappa shape index (κ2) is 10.8. The molecule has 2 aromatic heterocycles. The van der Waals surface area contributed by atoms with Crippen molar-refractivity contribution in [1.82, 2.24) is 25.4 Å². The van der Waals surface area contributed by atoms with Gasteiger partial charge in [0.15, 0.2) is 0 Å². The van der Waals surface area contributed by atoms with Gasteiger partial charge >= 0.3 is 0 Å². The first-order valence-electron chi connectivity index (χ1n) is 10.8. The van der Waals surface area contributed by atoms with E-state index in [2.05, 4.69) is 30.7 Å². The Morgan fingerprint density at radius 1 is 1.18 bits per heavy atom. The van der Waals surface area contributed by atoms with Crippen molar-refractivity contribution in [3.8, 4) is 0 Å². The van der Waals surface area contributed by atoms with Crippen LogP contribution in [0.5, 0.6) is 0 Å². The van der Waals surface area contributed by atoms with E-state index in [1.54, 1.807) is 12.1 Å². The van der Waals surface area contributed by atoms with E-state index < -0.39 is 0 Å². The first-order valence-corrected chi connectivity index (χ1v) is 12.0. The Kier molecular flexibility index (Phi) is 7.64. The van der Waals surface area contributed by atoms with Crippen LogP contribution in [0.25, 0.3) is 0 Å². The average molecular weight is 485 g/mol. The third-order valence-electron chi connectivity index (χ3n) is 5.45. The maximum Gasteiger partial charge on any atom is 0.282 e. The van der Waals surface area contributed by atoms with Crippen molar-refractivity contribution >= 4 is 40.6 Å². The molecule has 0 spiro atoms. The Bertz CT molecular complexity index is 1100. The molecule has 1 aliphatic rings. The topological polar surface area (TPSA) is 100 Å². The molecule has 0 saturated carbocycles. The molecule has 0 radical (unpaired) electrons. The number of piperidine rings is 1. The van der Waals surface area contributed by atoms with Gasteiger partial charge in [-0.2, -0.15) is 0 Å². The van der Waals surface area contributed by atoms with Gasteiger partial charge in [-0.15, -0.1) is 10.2 Å². The lowest BCUT2D eigenvalue weighted by Crippen LogP contribution is -2.40. The summed E-state index contributed by atoms with van der Waals surface area (Å²) in [4.78, 5) is 31.4. The molecule has 0 aliphatic carbocycles. The molecule has 1 fully saturated rings. The van der Waals surface area contributed by atoms with E-state index in [-0.39, 0.29) is 17.7 Å². The third kappa shape index (κ3) is 6.56. The van der Waals surface area contributed by atoms with Crippen LogP contribution in [0, 0.1) is 12.8 Å². The van der Waals surface area contributed by atoms with Crippen molar-refractivity contribution in [2.45, 2.75) is 32.9 Å². The van der Waals surface area contributed by atoms with Crippen molar-refractivity contribution in [1.29, 1.82) is 0 Å². The monoisotopic (exact) mass is 484 g/mol. The van der Waals surface area contributed by atoms with Gasteiger partial charge in [0, 0.05) is 19.3 Å². The molecular formula is C23H25ClN6O2S. The number of rotatable bonds is 7. The predicted octanol–water partition coefficient (Wildman–Crippen LogP) is 3.68. The SMILES string of the molecule is Cc1ccc(CNC(=O)c2nnc(CN3CCCC(C(=O)Nc4ccc(Cl)cn4)C3)s2)cc1. The molecular weight excluding hydrogens is 460 g/mol. The molecule has 1 saturated heterocycles. The van der Waals surface area contributed by atoms with Crippen molar-refractivity contribution in [3.63, 3.8) is 0 Å². The fourth-order valence-corrected chi connectivity index (χ4v) is 4.57. The molecule has 172 valence electrons. The van der Waals surface area contributed by atoms with Crippen LogP contribution in [0.2, 0.25) is 5.02 Å². The van der Waals surface area contributed by atoms with Crippen LogP contribution in [0.4, 0.5) is 5.82 Å². The van der Waals surface area contributed by atoms with Gasteiger partial charge in [-0.05, 0) is 44.0 Å². The Morgan fingerprint density at radius 3 is 2.76 bits per heavy atom. The van der Waals surface area contributed by atoms with Crippen LogP contribution >= 0.6 is 22.9 Å². The number of benzene rings is 1. The zero-order valence-electron chi connectivity index (χ0n) is 18.3. The summed E-state index contributed by atoms with van der Waals surface area (Å²) in [7, 11) is 0. The smallest absolute Gasteiger partial charge is 0.282 e. The number of pyridine rings is 1. The van der Waals surface area contributed by atoms with Gasteiger partial charge < -0.3 is 10.6 Å². The van der Waals surface area contributed by atoms with Crippen molar-refractivity contribution in [2.24, 2.45) is 5.92 Å². The van der Waals surface area contributed by atoms with Crippen LogP contribution in [-0.2, 0) is 17.9 Å². The van der Waals surface area contributed by atoms with E-state index in [4.69, 9.17) is 11.6 Å². The van der Waals surface area contributed by atoms with Gasteiger partial charge in [0.2, 0.25) is 10.9 Å². The molecule has 2 amide bonds. The summed E-state index contributed by atoms with van der Waals surface area (Å²) in [6.45, 7) is 4.52. The minimum Gasteiger partial charge on any atom is -0.346 e. The highest BCUT2D eigenvalue weighted by atomic mass is 35.5. The molecule has 3 aromatic rings. The van der Waals surface area contributed by atoms with Gasteiger partial charge in [-0.25, -0.2) is 4.98 Å². The zero-order valence-corrected chi connectivity index (χ0v) is 19.8. The molecule has 0 bridgehead atoms. The normalized spacial score (nSPS) is 16.4. The predicted molar refractivity (Wildman–Crippen MR) is 128 cm³/mol. The quantitative estimate of drug-likeness (QED) is 0.530. The first kappa shape index (κ1) is 23.3. The van der Waals surface area contributed by atoms with Crippen LogP contribution in [0.3, 0.4) is 0 Å². The Morgan fingerprint density at radius 2 is 2.00 bits per heavy atom. The summed E-state index contributed by atoms with van der Waals surface area (Å²) in [6, 6.07) is 11.4. The molecule has 1 unspecified atom stereocenters. The van der Waals surface area contributed by atoms with E-state index in [1.807, 2.05) is 31.2 Å². The number of likely N-dealkylation sites (tertiary alicyclic amines) is 1. The number of anilines is 1. The number of aryl methyl sites for hydroxylation is 1. The number of aromatic nitrogens is 3. The lowest BCUT2D eigenvalue weighted by Gasteiger charge is -2.31. The number of hydrogen-bond acceptors (Lipinski definition) is 7. The second-order valence-corrected chi connectivity index (χ2v) is 9.59. The Hall–Kier alpha value is -2.88. The number of carbonyl (C=O) groups excluding carboxylic acids is 2. The summed E-state index contributed by atoms with van der Waals surface area (Å²) in [5, 5.41) is 15.6. The molecule has 2 N–H and O–H groups in total. The van der Waals surface area contributed by atoms with Crippen LogP contribution in [0.1, 0.15) is 38.8 Å². The molecule has 33 heavy (non-hydrogen) atoms. The van der Waals surface area contributed by atoms with E-state index in [1.165, 1.54) is 23.1 Å². The lowest BCUT2D eigenvalue weighted by atomic mass is 9.97. The fraction of sp³-hybridized carbons (Fsp3) is 0.348. The van der Waals surface area contributed by atoms with E-state index >= 15 is 0 Å². The fourth-order valence-electron chi connectivity index (χ4n) is 3.66. The van der Waals surface area contributed by atoms with Gasteiger partial charge in [-0.3, -0.25) is 14.5 Å². The number of nitrogens with one attached hydrogen (secondary N) is 2. The minimum atomic E-state index is -0.231. The summed E-state index contributed by atoms with van der Waals surface area (Å²) in [5.74, 6) is 0.0713. The van der Waals surface area contributed by atoms with E-state index in [0.717, 1.165) is 30.0 Å². The average Bonchev–Trinajstić information content (AvgIpc) is 3.29. The standard InChI is InChI=1S/C23H25ClN6O2S/c1-15-4-6-16(7-5-15)11-26-22(32)23-29-28-20(33-23)14-30-10-2-3-17(13-30)21(31)27-19-9-8-18(24)12-25-19/h4-9,12,17H,2-3,10-11,13-14H2,1H3,(H,26,32)(H,25,27,31). The number of hydrogen-bond donors (Lipinski definition) is 2. The number of carbonyl (C=O) groups is 2. The van der Waals surface area contributed by atoms with Crippen molar-refractivity contribution in [3.05, 3.63) is 68.8 Å². The van der Waals surface area contributed by atoms with Crippen molar-refractivity contribution in [2.75, 3.05) is 18.4 Å². The maximum absolute atomic E-state index is 12.7. The minimum absolute atomic E-state index is 0.0528. The largest absolute Gasteiger partial charge is 0.346 e. The third-order valence-corrected chi connectivity index (χ3v) is 6.58. The van der Waals surface area contributed by atoms with Gasteiger partial charge in [0.25, 0.3) is 5.91 Å². The molecule has 1 atom stereocenters. The maximum atomic E-state index is 12.7. The molecule has 1 aromatic carbocycles. The van der Waals surface area contributed by atoms with Crippen molar-refractivity contribution < 1.29 is 9.59 Å². The highest BCUT2D eigenvalue weighted by molar-refractivity contribution is 7.13. The lowest BCUT2D eigenvalue weighted by molar-refractivity contribution is -0.121. The summed E-state index contributed by atoms with van der Waals surface area (Å²) < 4.78 is 0. The van der Waals surface area contributed by atoms with E-state index in [0.29, 0.717) is 35.5 Å². The highest BCUT2D eigenvalue weighted by Crippen LogP contribution is 2.22. The molecule has 4 rings (SSSR count). The summed E-state index contributed by atoms with van der Waals surface area (Å²) >= 11 is 7.13. The Labute approximate surface area is 201 Å². The summed E-state index contributed by atoms with van der Waals surface area (Å²) in [6.07, 6.45) is 3.24. The first-order chi connectivity index (χ1) is 16.0. The van der Waals surface area contributed by atoms with Crippen LogP contribution in [-0.4, -0.2) is 45.0 Å². The molecule has 8 nitrogen and oxygen atoms in total. The van der Waals surface area contributed by atoms with Crippen LogP contribution < -0.4 is 10.6 Å². The van der Waals surface area contributed by atoms with Gasteiger partial charge in [0.05, 0.1) is 17.5 Å². The van der Waals surface area contributed by atoms with Gasteiger partial charge in [0.1, 0.15) is 10.8 Å². The van der Waals surface area contributed by atoms with Gasteiger partial charge in [-0.1, -0.05) is 52.8 Å². The number of halogens is 1.